The van der Waals surface area contributed by atoms with Gasteiger partial charge in [0.25, 0.3) is 0 Å². The van der Waals surface area contributed by atoms with Crippen LogP contribution in [0.3, 0.4) is 0 Å². The van der Waals surface area contributed by atoms with Gasteiger partial charge in [0, 0.05) is 12.8 Å². The van der Waals surface area contributed by atoms with Crippen molar-refractivity contribution in [3.63, 3.8) is 0 Å². The predicted molar refractivity (Wildman–Crippen MR) is 40.9 cm³/mol. The zero-order valence-corrected chi connectivity index (χ0v) is 7.39. The molecule has 0 bridgehead atoms. The largest absolute Gasteiger partial charge is 0.389 e. The topological polar surface area (TPSA) is 43.1 Å². The van der Waals surface area contributed by atoms with Gasteiger partial charge in [-0.05, 0) is 6.92 Å². The number of hydrogen-bond donors (Lipinski definition) is 0. The second-order valence-corrected chi connectivity index (χ2v) is 2.85. The van der Waals surface area contributed by atoms with E-state index in [1.54, 1.807) is 0 Å². The van der Waals surface area contributed by atoms with E-state index in [0.717, 1.165) is 6.26 Å². The molecule has 1 heterocycles. The maximum absolute atomic E-state index is 11.8. The molecule has 0 aliphatic rings. The van der Waals surface area contributed by atoms with Gasteiger partial charge in [0.2, 0.25) is 0 Å². The van der Waals surface area contributed by atoms with Crippen LogP contribution in [0.15, 0.2) is 10.8 Å². The number of alkyl halides is 3. The van der Waals surface area contributed by atoms with E-state index in [1.165, 1.54) is 6.92 Å². The molecular weight excluding hydrogens is 199 g/mol. The van der Waals surface area contributed by atoms with E-state index in [0.29, 0.717) is 0 Å². The molecular formula is C8H8F3NO2. The summed E-state index contributed by atoms with van der Waals surface area (Å²) in [6, 6.07) is 0. The van der Waals surface area contributed by atoms with Gasteiger partial charge in [-0.15, -0.1) is 0 Å². The molecule has 1 rings (SSSR count). The van der Waals surface area contributed by atoms with Crippen LogP contribution in [-0.4, -0.2) is 17.1 Å². The van der Waals surface area contributed by atoms with Gasteiger partial charge >= 0.3 is 6.18 Å². The van der Waals surface area contributed by atoms with Gasteiger partial charge in [0.05, 0.1) is 11.3 Å². The van der Waals surface area contributed by atoms with Crippen molar-refractivity contribution in [2.75, 3.05) is 0 Å². The van der Waals surface area contributed by atoms with Crippen LogP contribution in [0.4, 0.5) is 13.2 Å². The number of Topliss-reactive ketones (excluding diaryl/α,β-unsaturated/α-hetero) is 1. The molecule has 0 amide bonds. The Morgan fingerprint density at radius 1 is 1.57 bits per heavy atom. The fourth-order valence-corrected chi connectivity index (χ4v) is 0.986. The van der Waals surface area contributed by atoms with Gasteiger partial charge in [-0.2, -0.15) is 13.2 Å². The normalized spacial score (nSPS) is 11.7. The molecule has 0 aliphatic heterocycles. The highest BCUT2D eigenvalue weighted by Gasteiger charge is 2.28. The van der Waals surface area contributed by atoms with E-state index in [1.807, 2.05) is 0 Å². The van der Waals surface area contributed by atoms with E-state index >= 15 is 0 Å². The first-order valence-electron chi connectivity index (χ1n) is 3.91. The summed E-state index contributed by atoms with van der Waals surface area (Å²) < 4.78 is 39.9. The molecule has 0 radical (unpaired) electrons. The third-order valence-corrected chi connectivity index (χ3v) is 1.67. The number of ketones is 1. The molecule has 1 aromatic rings. The van der Waals surface area contributed by atoms with Crippen LogP contribution in [0.2, 0.25) is 0 Å². The smallest absolute Gasteiger partial charge is 0.364 e. The first-order valence-corrected chi connectivity index (χ1v) is 3.91. The molecule has 1 aromatic heterocycles. The summed E-state index contributed by atoms with van der Waals surface area (Å²) in [4.78, 5) is 10.9. The monoisotopic (exact) mass is 207 g/mol. The molecule has 0 spiro atoms. The Balaban J connectivity index is 2.68. The molecule has 0 unspecified atom stereocenters. The fraction of sp³-hybridized carbons (Fsp3) is 0.500. The standard InChI is InChI=1S/C8H8F3NO2/c1-5(13)6-4-14-12-7(6)2-3-8(9,10)11/h4H,2-3H2,1H3. The summed E-state index contributed by atoms with van der Waals surface area (Å²) in [6.45, 7) is 1.25. The average Bonchev–Trinajstić information content (AvgIpc) is 2.46. The Bertz CT molecular complexity index is 330. The van der Waals surface area contributed by atoms with E-state index in [4.69, 9.17) is 0 Å². The highest BCUT2D eigenvalue weighted by molar-refractivity contribution is 5.94. The lowest BCUT2D eigenvalue weighted by Gasteiger charge is -2.03. The maximum atomic E-state index is 11.8. The van der Waals surface area contributed by atoms with Gasteiger partial charge in [0.15, 0.2) is 5.78 Å². The van der Waals surface area contributed by atoms with Crippen LogP contribution in [0, 0.1) is 0 Å². The minimum atomic E-state index is -4.24. The van der Waals surface area contributed by atoms with Crippen molar-refractivity contribution in [3.05, 3.63) is 17.5 Å². The summed E-state index contributed by atoms with van der Waals surface area (Å²) in [5.41, 5.74) is 0.184. The second kappa shape index (κ2) is 3.81. The average molecular weight is 207 g/mol. The molecule has 0 saturated heterocycles. The molecule has 0 N–H and O–H groups in total. The van der Waals surface area contributed by atoms with Crippen molar-refractivity contribution in [2.24, 2.45) is 0 Å². The van der Waals surface area contributed by atoms with Crippen LogP contribution in [-0.2, 0) is 6.42 Å². The van der Waals surface area contributed by atoms with Crippen LogP contribution >= 0.6 is 0 Å². The molecule has 0 atom stereocenters. The van der Waals surface area contributed by atoms with E-state index in [2.05, 4.69) is 9.68 Å². The zero-order chi connectivity index (χ0) is 10.8. The molecule has 3 nitrogen and oxygen atoms in total. The number of carbonyl (C=O) groups excluding carboxylic acids is 1. The van der Waals surface area contributed by atoms with E-state index in [9.17, 15) is 18.0 Å². The Kier molecular flexibility index (Phi) is 2.93. The summed E-state index contributed by atoms with van der Waals surface area (Å²) in [5.74, 6) is -0.344. The molecule has 14 heavy (non-hydrogen) atoms. The van der Waals surface area contributed by atoms with Crippen LogP contribution in [0.25, 0.3) is 0 Å². The summed E-state index contributed by atoms with van der Waals surface area (Å²) in [7, 11) is 0. The van der Waals surface area contributed by atoms with Gasteiger partial charge < -0.3 is 4.52 Å². The number of hydrogen-bond acceptors (Lipinski definition) is 3. The summed E-state index contributed by atoms with van der Waals surface area (Å²) in [6.07, 6.45) is -4.50. The van der Waals surface area contributed by atoms with Crippen molar-refractivity contribution in [1.82, 2.24) is 5.16 Å². The number of carbonyl (C=O) groups is 1. The molecule has 78 valence electrons. The molecule has 0 aromatic carbocycles. The van der Waals surface area contributed by atoms with E-state index < -0.39 is 12.6 Å². The molecule has 0 aliphatic carbocycles. The lowest BCUT2D eigenvalue weighted by Crippen LogP contribution is -2.10. The second-order valence-electron chi connectivity index (χ2n) is 2.85. The lowest BCUT2D eigenvalue weighted by atomic mass is 10.1. The maximum Gasteiger partial charge on any atom is 0.389 e. The van der Waals surface area contributed by atoms with Gasteiger partial charge in [-0.25, -0.2) is 0 Å². The lowest BCUT2D eigenvalue weighted by molar-refractivity contribution is -0.134. The summed E-state index contributed by atoms with van der Waals surface area (Å²) >= 11 is 0. The first-order chi connectivity index (χ1) is 6.40. The zero-order valence-electron chi connectivity index (χ0n) is 7.39. The highest BCUT2D eigenvalue weighted by Crippen LogP contribution is 2.22. The molecule has 0 saturated carbocycles. The molecule has 6 heteroatoms. The van der Waals surface area contributed by atoms with Crippen molar-refractivity contribution in [3.8, 4) is 0 Å². The van der Waals surface area contributed by atoms with Crippen LogP contribution in [0.5, 0.6) is 0 Å². The highest BCUT2D eigenvalue weighted by atomic mass is 19.4. The van der Waals surface area contributed by atoms with Crippen molar-refractivity contribution in [2.45, 2.75) is 25.9 Å². The number of rotatable bonds is 3. The Morgan fingerprint density at radius 3 is 2.71 bits per heavy atom. The van der Waals surface area contributed by atoms with E-state index in [-0.39, 0.29) is 23.5 Å². The van der Waals surface area contributed by atoms with Crippen LogP contribution < -0.4 is 0 Å². The Labute approximate surface area is 77.9 Å². The van der Waals surface area contributed by atoms with Crippen molar-refractivity contribution < 1.29 is 22.5 Å². The number of nitrogens with zero attached hydrogens (tertiary/aromatic N) is 1. The third kappa shape index (κ3) is 2.86. The minimum absolute atomic E-state index is 0.0647. The fourth-order valence-electron chi connectivity index (χ4n) is 0.986. The Hall–Kier alpha value is -1.33. The number of halogens is 3. The van der Waals surface area contributed by atoms with Crippen molar-refractivity contribution in [1.29, 1.82) is 0 Å². The van der Waals surface area contributed by atoms with Gasteiger partial charge in [-0.1, -0.05) is 5.16 Å². The number of aromatic nitrogens is 1. The first kappa shape index (κ1) is 10.7. The van der Waals surface area contributed by atoms with Crippen LogP contribution in [0.1, 0.15) is 29.4 Å². The number of aryl methyl sites for hydroxylation is 1. The minimum Gasteiger partial charge on any atom is -0.364 e. The molecule has 0 fully saturated rings. The van der Waals surface area contributed by atoms with Crippen molar-refractivity contribution >= 4 is 5.78 Å². The third-order valence-electron chi connectivity index (χ3n) is 1.67. The summed E-state index contributed by atoms with van der Waals surface area (Å²) in [5, 5.41) is 3.34. The quantitative estimate of drug-likeness (QED) is 0.714. The Morgan fingerprint density at radius 2 is 2.21 bits per heavy atom. The SMILES string of the molecule is CC(=O)c1conc1CCC(F)(F)F. The predicted octanol–water partition coefficient (Wildman–Crippen LogP) is 2.37. The van der Waals surface area contributed by atoms with Gasteiger partial charge in [0.1, 0.15) is 6.26 Å². The van der Waals surface area contributed by atoms with Gasteiger partial charge in [-0.3, -0.25) is 4.79 Å².